The van der Waals surface area contributed by atoms with E-state index < -0.39 is 34.4 Å². The Morgan fingerprint density at radius 2 is 1.73 bits per heavy atom. The maximum absolute atomic E-state index is 13.4. The molecule has 11 heteroatoms. The average Bonchev–Trinajstić information content (AvgIpc) is 3.18. The van der Waals surface area contributed by atoms with Gasteiger partial charge < -0.3 is 9.84 Å². The topological polar surface area (TPSA) is 58.1 Å². The lowest BCUT2D eigenvalue weighted by Gasteiger charge is -2.18. The molecule has 0 spiro atoms. The minimum Gasteiger partial charge on any atom is -0.506 e. The average molecular weight is 493 g/mol. The molecule has 0 aliphatic rings. The molecule has 0 fully saturated rings. The molecule has 0 aliphatic heterocycles. The number of alkyl halides is 6. The van der Waals surface area contributed by atoms with Gasteiger partial charge >= 0.3 is 12.4 Å². The first-order valence-electron chi connectivity index (χ1n) is 9.78. The van der Waals surface area contributed by atoms with E-state index in [4.69, 9.17) is 16.3 Å². The summed E-state index contributed by atoms with van der Waals surface area (Å²) < 4.78 is 84.8. The highest BCUT2D eigenvalue weighted by atomic mass is 35.5. The van der Waals surface area contributed by atoms with Gasteiger partial charge in [0.1, 0.15) is 17.2 Å². The van der Waals surface area contributed by atoms with Crippen LogP contribution in [0.4, 0.5) is 26.3 Å². The summed E-state index contributed by atoms with van der Waals surface area (Å²) in [5.41, 5.74) is -2.80. The van der Waals surface area contributed by atoms with E-state index in [0.717, 1.165) is 12.1 Å². The van der Waals surface area contributed by atoms with Gasteiger partial charge in [0.25, 0.3) is 0 Å². The first-order chi connectivity index (χ1) is 15.3. The molecule has 0 saturated carbocycles. The zero-order valence-corrected chi connectivity index (χ0v) is 18.2. The predicted octanol–water partition coefficient (Wildman–Crippen LogP) is 7.57. The van der Waals surface area contributed by atoms with Crippen LogP contribution in [0.1, 0.15) is 31.5 Å². The molecule has 0 radical (unpaired) electrons. The van der Waals surface area contributed by atoms with Crippen LogP contribution < -0.4 is 4.74 Å². The van der Waals surface area contributed by atoms with Crippen LogP contribution in [0.2, 0.25) is 5.02 Å². The molecule has 2 aromatic carbocycles. The molecule has 178 valence electrons. The van der Waals surface area contributed by atoms with Gasteiger partial charge in [-0.3, -0.25) is 5.10 Å². The molecule has 0 amide bonds. The van der Waals surface area contributed by atoms with E-state index in [1.807, 2.05) is 18.9 Å². The summed E-state index contributed by atoms with van der Waals surface area (Å²) in [4.78, 5) is 0. The molecule has 0 atom stereocenters. The minimum atomic E-state index is -4.76. The van der Waals surface area contributed by atoms with E-state index >= 15 is 0 Å². The van der Waals surface area contributed by atoms with Gasteiger partial charge in [0.05, 0.1) is 28.5 Å². The third-order valence-corrected chi connectivity index (χ3v) is 5.14. The van der Waals surface area contributed by atoms with Crippen LogP contribution in [0.3, 0.4) is 0 Å². The van der Waals surface area contributed by atoms with Crippen molar-refractivity contribution in [2.45, 2.75) is 32.6 Å². The van der Waals surface area contributed by atoms with Crippen molar-refractivity contribution < 1.29 is 36.2 Å². The second kappa shape index (κ2) is 9.17. The number of ether oxygens (including phenoxy) is 1. The Labute approximate surface area is 190 Å². The number of nitrogens with zero attached hydrogens (tertiary/aromatic N) is 1. The van der Waals surface area contributed by atoms with Crippen LogP contribution in [0, 0.1) is 5.92 Å². The number of nitrogens with one attached hydrogen (secondary N) is 1. The van der Waals surface area contributed by atoms with Crippen LogP contribution in [0.15, 0.2) is 36.4 Å². The molecule has 2 N–H and O–H groups in total. The number of hydrogen-bond acceptors (Lipinski definition) is 3. The van der Waals surface area contributed by atoms with Crippen molar-refractivity contribution in [3.63, 3.8) is 0 Å². The van der Waals surface area contributed by atoms with Gasteiger partial charge in [0.15, 0.2) is 0 Å². The molecule has 0 saturated heterocycles. The van der Waals surface area contributed by atoms with Crippen LogP contribution in [0.25, 0.3) is 22.4 Å². The molecule has 4 nitrogen and oxygen atoms in total. The van der Waals surface area contributed by atoms with E-state index in [2.05, 4.69) is 5.10 Å². The summed E-state index contributed by atoms with van der Waals surface area (Å²) in [6.45, 7) is 4.12. The third-order valence-electron chi connectivity index (χ3n) is 4.81. The van der Waals surface area contributed by atoms with Crippen LogP contribution in [0.5, 0.6) is 11.5 Å². The second-order valence-corrected chi connectivity index (χ2v) is 8.13. The molecule has 33 heavy (non-hydrogen) atoms. The highest BCUT2D eigenvalue weighted by molar-refractivity contribution is 6.31. The zero-order valence-electron chi connectivity index (χ0n) is 17.4. The lowest BCUT2D eigenvalue weighted by atomic mass is 9.97. The quantitative estimate of drug-likeness (QED) is 0.349. The lowest BCUT2D eigenvalue weighted by molar-refractivity contribution is -0.141. The molecular formula is C22H19ClF6N2O2. The Balaban J connectivity index is 2.17. The standard InChI is InChI=1S/C22H19ClF6N2O2/c1-11(2)7-8-33-17-6-4-13(16-10-18(31-30-16)22(27,28)29)20(32)19(17)12-3-5-15(23)14(9-12)21(24,25)26/h3-6,9-11,32H,7-8H2,1-2H3,(H,30,31). The van der Waals surface area contributed by atoms with Crippen LogP contribution >= 0.6 is 11.6 Å². The van der Waals surface area contributed by atoms with Gasteiger partial charge in [0.2, 0.25) is 0 Å². The molecule has 3 aromatic rings. The number of phenols is 1. The molecule has 3 rings (SSSR count). The Hall–Kier alpha value is -2.88. The number of H-pyrrole nitrogens is 1. The number of hydrogen-bond donors (Lipinski definition) is 2. The summed E-state index contributed by atoms with van der Waals surface area (Å²) >= 11 is 5.70. The van der Waals surface area contributed by atoms with Crippen molar-refractivity contribution in [3.8, 4) is 33.9 Å². The van der Waals surface area contributed by atoms with Gasteiger partial charge in [-0.1, -0.05) is 31.5 Å². The van der Waals surface area contributed by atoms with Crippen molar-refractivity contribution in [2.24, 2.45) is 5.92 Å². The van der Waals surface area contributed by atoms with Crippen molar-refractivity contribution in [1.29, 1.82) is 0 Å². The minimum absolute atomic E-state index is 0.0685. The van der Waals surface area contributed by atoms with Gasteiger partial charge in [-0.15, -0.1) is 0 Å². The zero-order chi connectivity index (χ0) is 24.6. The largest absolute Gasteiger partial charge is 0.506 e. The van der Waals surface area contributed by atoms with Gasteiger partial charge in [-0.05, 0) is 48.2 Å². The van der Waals surface area contributed by atoms with Crippen LogP contribution in [-0.2, 0) is 12.4 Å². The molecular weight excluding hydrogens is 474 g/mol. The number of aromatic nitrogens is 2. The van der Waals surface area contributed by atoms with E-state index in [1.165, 1.54) is 18.2 Å². The van der Waals surface area contributed by atoms with Crippen molar-refractivity contribution in [2.75, 3.05) is 6.61 Å². The van der Waals surface area contributed by atoms with E-state index in [0.29, 0.717) is 12.5 Å². The molecule has 1 aromatic heterocycles. The van der Waals surface area contributed by atoms with Crippen molar-refractivity contribution >= 4 is 11.6 Å². The van der Waals surface area contributed by atoms with Crippen molar-refractivity contribution in [3.05, 3.63) is 52.7 Å². The Morgan fingerprint density at radius 1 is 1.03 bits per heavy atom. The lowest BCUT2D eigenvalue weighted by Crippen LogP contribution is -2.06. The Morgan fingerprint density at radius 3 is 2.30 bits per heavy atom. The highest BCUT2D eigenvalue weighted by Crippen LogP contribution is 2.46. The molecule has 1 heterocycles. The monoisotopic (exact) mass is 492 g/mol. The Bertz CT molecular complexity index is 1140. The number of phenolic OH excluding ortho intramolecular Hbond substituents is 1. The second-order valence-electron chi connectivity index (χ2n) is 7.72. The van der Waals surface area contributed by atoms with E-state index in [-0.39, 0.29) is 40.7 Å². The van der Waals surface area contributed by atoms with E-state index in [1.54, 1.807) is 0 Å². The number of aromatic hydroxyl groups is 1. The first kappa shape index (κ1) is 24.8. The number of aromatic amines is 1. The number of benzene rings is 2. The predicted molar refractivity (Wildman–Crippen MR) is 111 cm³/mol. The smallest absolute Gasteiger partial charge is 0.432 e. The normalized spacial score (nSPS) is 12.4. The summed E-state index contributed by atoms with van der Waals surface area (Å²) in [5, 5.41) is 15.8. The number of halogens is 7. The van der Waals surface area contributed by atoms with Gasteiger partial charge in [0, 0.05) is 5.56 Å². The Kier molecular flexibility index (Phi) is 6.88. The van der Waals surface area contributed by atoms with Crippen LogP contribution in [-0.4, -0.2) is 21.9 Å². The summed E-state index contributed by atoms with van der Waals surface area (Å²) in [6, 6.07) is 6.40. The fourth-order valence-corrected chi connectivity index (χ4v) is 3.31. The maximum atomic E-state index is 13.4. The first-order valence-corrected chi connectivity index (χ1v) is 10.2. The molecule has 0 bridgehead atoms. The summed E-state index contributed by atoms with van der Waals surface area (Å²) in [5.74, 6) is -0.231. The summed E-state index contributed by atoms with van der Waals surface area (Å²) in [7, 11) is 0. The molecule has 0 unspecified atom stereocenters. The maximum Gasteiger partial charge on any atom is 0.432 e. The summed E-state index contributed by atoms with van der Waals surface area (Å²) in [6.07, 6.45) is -8.82. The molecule has 0 aliphatic carbocycles. The van der Waals surface area contributed by atoms with E-state index in [9.17, 15) is 31.4 Å². The fourth-order valence-electron chi connectivity index (χ4n) is 3.09. The van der Waals surface area contributed by atoms with Gasteiger partial charge in [-0.2, -0.15) is 31.4 Å². The fraction of sp³-hybridized carbons (Fsp3) is 0.318. The third kappa shape index (κ3) is 5.55. The SMILES string of the molecule is CC(C)CCOc1ccc(-c2cc(C(F)(F)F)[nH]n2)c(O)c1-c1ccc(Cl)c(C(F)(F)F)c1. The van der Waals surface area contributed by atoms with Gasteiger partial charge in [-0.25, -0.2) is 0 Å². The number of rotatable bonds is 6. The van der Waals surface area contributed by atoms with Crippen molar-refractivity contribution in [1.82, 2.24) is 10.2 Å². The highest BCUT2D eigenvalue weighted by Gasteiger charge is 2.35.